The van der Waals surface area contributed by atoms with Crippen molar-refractivity contribution < 1.29 is 4.79 Å². The molecule has 1 aliphatic carbocycles. The third kappa shape index (κ3) is 4.61. The third-order valence-electron chi connectivity index (χ3n) is 6.25. The summed E-state index contributed by atoms with van der Waals surface area (Å²) in [5.74, 6) is 1.20. The van der Waals surface area contributed by atoms with Gasteiger partial charge in [-0.15, -0.1) is 0 Å². The molecule has 2 heterocycles. The van der Waals surface area contributed by atoms with E-state index in [1.54, 1.807) is 11.6 Å². The van der Waals surface area contributed by atoms with Crippen molar-refractivity contribution in [3.05, 3.63) is 46.6 Å². The first-order valence-corrected chi connectivity index (χ1v) is 10.8. The van der Waals surface area contributed by atoms with Crippen molar-refractivity contribution in [2.45, 2.75) is 56.9 Å². The van der Waals surface area contributed by atoms with Crippen LogP contribution >= 0.6 is 0 Å². The van der Waals surface area contributed by atoms with Crippen LogP contribution in [0.3, 0.4) is 0 Å². The Labute approximate surface area is 171 Å². The minimum absolute atomic E-state index is 0.111. The van der Waals surface area contributed by atoms with Crippen molar-refractivity contribution in [3.63, 3.8) is 0 Å². The lowest BCUT2D eigenvalue weighted by Crippen LogP contribution is -2.45. The molecule has 29 heavy (non-hydrogen) atoms. The van der Waals surface area contributed by atoms with E-state index >= 15 is 0 Å². The molecule has 0 bridgehead atoms. The summed E-state index contributed by atoms with van der Waals surface area (Å²) in [5, 5.41) is 7.75. The van der Waals surface area contributed by atoms with Gasteiger partial charge in [0.15, 0.2) is 0 Å². The van der Waals surface area contributed by atoms with Crippen LogP contribution in [-0.2, 0) is 11.8 Å². The van der Waals surface area contributed by atoms with Crippen molar-refractivity contribution in [2.75, 3.05) is 19.6 Å². The molecule has 0 atom stereocenters. The largest absolute Gasteiger partial charge is 0.352 e. The minimum atomic E-state index is -0.111. The molecule has 1 saturated carbocycles. The summed E-state index contributed by atoms with van der Waals surface area (Å²) < 4.78 is 3.16. The molecule has 1 amide bonds. The zero-order chi connectivity index (χ0) is 20.2. The number of aromatic nitrogens is 3. The number of hydrogen-bond donors (Lipinski definition) is 1. The van der Waals surface area contributed by atoms with E-state index in [-0.39, 0.29) is 17.5 Å². The highest BCUT2D eigenvalue weighted by atomic mass is 16.2. The van der Waals surface area contributed by atoms with E-state index in [4.69, 9.17) is 0 Å². The highest BCUT2D eigenvalue weighted by Crippen LogP contribution is 2.27. The molecule has 1 saturated heterocycles. The van der Waals surface area contributed by atoms with E-state index in [0.29, 0.717) is 12.6 Å². The number of nitrogens with zero attached hydrogens (tertiary/aromatic N) is 4. The van der Waals surface area contributed by atoms with E-state index in [0.717, 1.165) is 50.3 Å². The Morgan fingerprint density at radius 1 is 1.07 bits per heavy atom. The highest BCUT2D eigenvalue weighted by Gasteiger charge is 2.28. The third-order valence-corrected chi connectivity index (χ3v) is 6.25. The number of nitrogens with one attached hydrogen (secondary N) is 1. The molecule has 1 aromatic heterocycles. The number of likely N-dealkylation sites (tertiary alicyclic amines) is 1. The maximum absolute atomic E-state index is 12.6. The molecule has 4 rings (SSSR count). The fourth-order valence-electron chi connectivity index (χ4n) is 4.64. The van der Waals surface area contributed by atoms with Crippen LogP contribution in [0.4, 0.5) is 0 Å². The molecule has 156 valence electrons. The van der Waals surface area contributed by atoms with Crippen molar-refractivity contribution in [3.8, 4) is 5.69 Å². The molecular formula is C22H31N5O2. The van der Waals surface area contributed by atoms with Gasteiger partial charge in [0.25, 0.3) is 0 Å². The van der Waals surface area contributed by atoms with Gasteiger partial charge in [-0.05, 0) is 50.9 Å². The summed E-state index contributed by atoms with van der Waals surface area (Å²) in [4.78, 5) is 27.3. The second-order valence-corrected chi connectivity index (χ2v) is 8.39. The maximum Gasteiger partial charge on any atom is 0.350 e. The Kier molecular flexibility index (Phi) is 6.13. The van der Waals surface area contributed by atoms with Gasteiger partial charge in [0, 0.05) is 19.0 Å². The lowest BCUT2D eigenvalue weighted by molar-refractivity contribution is -0.123. The van der Waals surface area contributed by atoms with Crippen molar-refractivity contribution in [2.24, 2.45) is 7.05 Å². The van der Waals surface area contributed by atoms with Gasteiger partial charge in [-0.1, -0.05) is 37.5 Å². The predicted molar refractivity (Wildman–Crippen MR) is 112 cm³/mol. The first kappa shape index (κ1) is 19.9. The Morgan fingerprint density at radius 2 is 1.76 bits per heavy atom. The molecule has 1 N–H and O–H groups in total. The first-order valence-electron chi connectivity index (χ1n) is 10.8. The summed E-state index contributed by atoms with van der Waals surface area (Å²) in [5.41, 5.74) is 0.746. The number of carbonyl (C=O) groups excluding carboxylic acids is 1. The minimum Gasteiger partial charge on any atom is -0.352 e. The average molecular weight is 398 g/mol. The van der Waals surface area contributed by atoms with Gasteiger partial charge < -0.3 is 5.32 Å². The fourth-order valence-corrected chi connectivity index (χ4v) is 4.64. The highest BCUT2D eigenvalue weighted by molar-refractivity contribution is 5.78. The van der Waals surface area contributed by atoms with Crippen LogP contribution < -0.4 is 11.0 Å². The summed E-state index contributed by atoms with van der Waals surface area (Å²) in [7, 11) is 1.70. The Balaban J connectivity index is 1.37. The molecule has 1 aliphatic heterocycles. The van der Waals surface area contributed by atoms with Gasteiger partial charge in [0.1, 0.15) is 5.82 Å². The van der Waals surface area contributed by atoms with Crippen molar-refractivity contribution in [1.82, 2.24) is 24.6 Å². The number of rotatable bonds is 5. The van der Waals surface area contributed by atoms with Crippen LogP contribution in [0.25, 0.3) is 5.69 Å². The second kappa shape index (κ2) is 8.95. The molecule has 0 spiro atoms. The Morgan fingerprint density at radius 3 is 2.45 bits per heavy atom. The number of para-hydroxylation sites is 1. The number of piperidine rings is 1. The van der Waals surface area contributed by atoms with Crippen LogP contribution in [0.2, 0.25) is 0 Å². The van der Waals surface area contributed by atoms with Crippen LogP contribution in [0.15, 0.2) is 35.1 Å². The van der Waals surface area contributed by atoms with E-state index in [2.05, 4.69) is 15.3 Å². The molecule has 2 aliphatic rings. The number of aryl methyl sites for hydroxylation is 1. The summed E-state index contributed by atoms with van der Waals surface area (Å²) in [6, 6.07) is 10.1. The van der Waals surface area contributed by atoms with Gasteiger partial charge in [-0.3, -0.25) is 9.69 Å². The molecular weight excluding hydrogens is 366 g/mol. The number of hydrogen-bond acceptors (Lipinski definition) is 4. The smallest absolute Gasteiger partial charge is 0.350 e. The standard InChI is InChI=1S/C22H31N5O2/c1-25-22(29)27(19-10-6-3-7-11-19)21(24-25)17-12-14-26(15-13-17)16-20(28)23-18-8-4-2-5-9-18/h3,6-7,10-11,17-18H,2,4-5,8-9,12-16H2,1H3,(H,23,28). The van der Waals surface area contributed by atoms with E-state index in [1.165, 1.54) is 23.9 Å². The summed E-state index contributed by atoms with van der Waals surface area (Å²) in [6.07, 6.45) is 7.78. The Bertz CT molecular complexity index is 874. The molecule has 2 fully saturated rings. The van der Waals surface area contributed by atoms with Gasteiger partial charge in [0.05, 0.1) is 12.2 Å². The second-order valence-electron chi connectivity index (χ2n) is 8.39. The quantitative estimate of drug-likeness (QED) is 0.840. The molecule has 7 heteroatoms. The monoisotopic (exact) mass is 397 g/mol. The number of amides is 1. The molecule has 7 nitrogen and oxygen atoms in total. The zero-order valence-electron chi connectivity index (χ0n) is 17.2. The topological polar surface area (TPSA) is 72.2 Å². The predicted octanol–water partition coefficient (Wildman–Crippen LogP) is 2.20. The maximum atomic E-state index is 12.6. The zero-order valence-corrected chi connectivity index (χ0v) is 17.2. The van der Waals surface area contributed by atoms with E-state index < -0.39 is 0 Å². The lowest BCUT2D eigenvalue weighted by atomic mass is 9.95. The summed E-state index contributed by atoms with van der Waals surface area (Å²) >= 11 is 0. The summed E-state index contributed by atoms with van der Waals surface area (Å²) in [6.45, 7) is 2.17. The molecule has 2 aromatic rings. The average Bonchev–Trinajstić information content (AvgIpc) is 3.04. The number of benzene rings is 1. The van der Waals surface area contributed by atoms with Crippen LogP contribution in [0.5, 0.6) is 0 Å². The van der Waals surface area contributed by atoms with Crippen LogP contribution in [-0.4, -0.2) is 50.8 Å². The number of carbonyl (C=O) groups is 1. The van der Waals surface area contributed by atoms with Gasteiger partial charge in [0.2, 0.25) is 5.91 Å². The first-order chi connectivity index (χ1) is 14.1. The van der Waals surface area contributed by atoms with Crippen LogP contribution in [0.1, 0.15) is 56.7 Å². The normalized spacial score (nSPS) is 19.3. The van der Waals surface area contributed by atoms with Gasteiger partial charge in [-0.25, -0.2) is 14.0 Å². The Hall–Kier alpha value is -2.41. The SMILES string of the molecule is Cn1nc(C2CCN(CC(=O)NC3CCCCC3)CC2)n(-c2ccccc2)c1=O. The van der Waals surface area contributed by atoms with Crippen LogP contribution in [0, 0.1) is 0 Å². The fraction of sp³-hybridized carbons (Fsp3) is 0.591. The van der Waals surface area contributed by atoms with E-state index in [1.807, 2.05) is 30.3 Å². The molecule has 0 unspecified atom stereocenters. The van der Waals surface area contributed by atoms with Crippen molar-refractivity contribution in [1.29, 1.82) is 0 Å². The van der Waals surface area contributed by atoms with Crippen molar-refractivity contribution >= 4 is 5.91 Å². The lowest BCUT2D eigenvalue weighted by Gasteiger charge is -2.31. The van der Waals surface area contributed by atoms with Gasteiger partial charge in [-0.2, -0.15) is 5.10 Å². The molecule has 0 radical (unpaired) electrons. The molecule has 1 aromatic carbocycles. The van der Waals surface area contributed by atoms with E-state index in [9.17, 15) is 9.59 Å². The van der Waals surface area contributed by atoms with Gasteiger partial charge >= 0.3 is 5.69 Å².